The van der Waals surface area contributed by atoms with Gasteiger partial charge in [-0.2, -0.15) is 0 Å². The molecule has 24 heavy (non-hydrogen) atoms. The molecular weight excluding hydrogens is 292 g/mol. The van der Waals surface area contributed by atoms with Crippen LogP contribution in [0.25, 0.3) is 11.1 Å². The SMILES string of the molecule is CN1CCC23CCCC[C@@H]2[C@H]1Cc1ccc(-c2ccncc2)cc13. The minimum atomic E-state index is 0.450. The smallest absolute Gasteiger partial charge is 0.0273 e. The minimum Gasteiger partial charge on any atom is -0.303 e. The van der Waals surface area contributed by atoms with Gasteiger partial charge in [0, 0.05) is 23.9 Å². The van der Waals surface area contributed by atoms with Crippen molar-refractivity contribution in [1.29, 1.82) is 0 Å². The standard InChI is InChI=1S/C22H26N2/c1-24-13-10-22-9-3-2-4-19(22)21(24)15-18-6-5-17(14-20(18)22)16-7-11-23-12-8-16/h5-8,11-12,14,19,21H,2-4,9-10,13,15H2,1H3/t19-,21-,22?/m1/s1. The maximum atomic E-state index is 4.18. The molecule has 1 aliphatic heterocycles. The summed E-state index contributed by atoms with van der Waals surface area (Å²) >= 11 is 0. The molecule has 5 rings (SSSR count). The third-order valence-electron chi connectivity index (χ3n) is 7.13. The second-order valence-electron chi connectivity index (χ2n) is 8.12. The van der Waals surface area contributed by atoms with E-state index in [1.807, 2.05) is 12.4 Å². The third kappa shape index (κ3) is 2.02. The summed E-state index contributed by atoms with van der Waals surface area (Å²) in [6.45, 7) is 1.26. The lowest BCUT2D eigenvalue weighted by atomic mass is 9.52. The zero-order valence-corrected chi connectivity index (χ0v) is 14.5. The third-order valence-corrected chi connectivity index (χ3v) is 7.13. The molecule has 1 aromatic heterocycles. The molecule has 1 saturated heterocycles. The summed E-state index contributed by atoms with van der Waals surface area (Å²) in [5, 5.41) is 0. The maximum Gasteiger partial charge on any atom is 0.0273 e. The fourth-order valence-electron chi connectivity index (χ4n) is 5.92. The first-order chi connectivity index (χ1) is 11.8. The number of nitrogens with zero attached hydrogens (tertiary/aromatic N) is 2. The van der Waals surface area contributed by atoms with Crippen molar-refractivity contribution in [3.8, 4) is 11.1 Å². The molecule has 2 bridgehead atoms. The molecule has 1 aromatic carbocycles. The van der Waals surface area contributed by atoms with Crippen molar-refractivity contribution in [2.45, 2.75) is 50.0 Å². The summed E-state index contributed by atoms with van der Waals surface area (Å²) < 4.78 is 0. The molecule has 2 fully saturated rings. The van der Waals surface area contributed by atoms with E-state index in [9.17, 15) is 0 Å². The van der Waals surface area contributed by atoms with E-state index >= 15 is 0 Å². The summed E-state index contributed by atoms with van der Waals surface area (Å²) in [6.07, 6.45) is 12.1. The van der Waals surface area contributed by atoms with Crippen LogP contribution in [0.2, 0.25) is 0 Å². The Hall–Kier alpha value is -1.67. The lowest BCUT2D eigenvalue weighted by molar-refractivity contribution is 0.00290. The molecule has 0 N–H and O–H groups in total. The van der Waals surface area contributed by atoms with Crippen LogP contribution in [0.1, 0.15) is 43.2 Å². The highest BCUT2D eigenvalue weighted by molar-refractivity contribution is 5.65. The molecule has 2 aromatic rings. The van der Waals surface area contributed by atoms with E-state index < -0.39 is 0 Å². The van der Waals surface area contributed by atoms with Gasteiger partial charge in [-0.05, 0) is 79.6 Å². The number of likely N-dealkylation sites (tertiary alicyclic amines) is 1. The Morgan fingerprint density at radius 1 is 1.04 bits per heavy atom. The highest BCUT2D eigenvalue weighted by Gasteiger charge is 2.52. The van der Waals surface area contributed by atoms with Crippen molar-refractivity contribution in [3.63, 3.8) is 0 Å². The van der Waals surface area contributed by atoms with E-state index in [-0.39, 0.29) is 0 Å². The van der Waals surface area contributed by atoms with E-state index in [2.05, 4.69) is 47.3 Å². The number of fused-ring (bicyclic) bond motifs is 1. The summed E-state index contributed by atoms with van der Waals surface area (Å²) in [5.41, 5.74) is 6.42. The maximum absolute atomic E-state index is 4.18. The van der Waals surface area contributed by atoms with E-state index in [4.69, 9.17) is 0 Å². The second kappa shape index (κ2) is 5.42. The lowest BCUT2D eigenvalue weighted by Gasteiger charge is -2.58. The molecular formula is C22H26N2. The zero-order chi connectivity index (χ0) is 16.1. The van der Waals surface area contributed by atoms with Gasteiger partial charge in [-0.1, -0.05) is 31.0 Å². The normalized spacial score (nSPS) is 32.0. The van der Waals surface area contributed by atoms with Crippen molar-refractivity contribution in [2.75, 3.05) is 13.6 Å². The molecule has 3 atom stereocenters. The molecule has 2 nitrogen and oxygen atoms in total. The van der Waals surface area contributed by atoms with Crippen LogP contribution in [0.15, 0.2) is 42.7 Å². The first kappa shape index (κ1) is 14.7. The number of rotatable bonds is 1. The van der Waals surface area contributed by atoms with Crippen molar-refractivity contribution in [3.05, 3.63) is 53.9 Å². The summed E-state index contributed by atoms with van der Waals surface area (Å²) in [6, 6.07) is 12.3. The summed E-state index contributed by atoms with van der Waals surface area (Å²) in [7, 11) is 2.35. The van der Waals surface area contributed by atoms with Crippen LogP contribution in [-0.2, 0) is 11.8 Å². The number of aromatic nitrogens is 1. The molecule has 0 radical (unpaired) electrons. The molecule has 0 spiro atoms. The van der Waals surface area contributed by atoms with Gasteiger partial charge in [-0.3, -0.25) is 4.98 Å². The van der Waals surface area contributed by atoms with Gasteiger partial charge in [0.15, 0.2) is 0 Å². The predicted octanol–water partition coefficient (Wildman–Crippen LogP) is 4.44. The quantitative estimate of drug-likeness (QED) is 0.773. The fourth-order valence-corrected chi connectivity index (χ4v) is 5.92. The Kier molecular flexibility index (Phi) is 3.31. The highest BCUT2D eigenvalue weighted by atomic mass is 15.1. The summed E-state index contributed by atoms with van der Waals surface area (Å²) in [4.78, 5) is 6.82. The van der Waals surface area contributed by atoms with Crippen molar-refractivity contribution in [2.24, 2.45) is 5.92 Å². The van der Waals surface area contributed by atoms with Gasteiger partial charge >= 0.3 is 0 Å². The Morgan fingerprint density at radius 3 is 2.79 bits per heavy atom. The molecule has 124 valence electrons. The first-order valence-electron chi connectivity index (χ1n) is 9.52. The largest absolute Gasteiger partial charge is 0.303 e. The van der Waals surface area contributed by atoms with Gasteiger partial charge in [0.1, 0.15) is 0 Å². The van der Waals surface area contributed by atoms with Gasteiger partial charge in [-0.25, -0.2) is 0 Å². The van der Waals surface area contributed by atoms with Crippen LogP contribution >= 0.6 is 0 Å². The van der Waals surface area contributed by atoms with E-state index in [1.54, 1.807) is 11.1 Å². The number of hydrogen-bond donors (Lipinski definition) is 0. The number of hydrogen-bond acceptors (Lipinski definition) is 2. The zero-order valence-electron chi connectivity index (χ0n) is 14.5. The van der Waals surface area contributed by atoms with Gasteiger partial charge in [-0.15, -0.1) is 0 Å². The highest BCUT2D eigenvalue weighted by Crippen LogP contribution is 2.55. The molecule has 3 aliphatic rings. The Morgan fingerprint density at radius 2 is 1.92 bits per heavy atom. The van der Waals surface area contributed by atoms with Crippen LogP contribution in [0.3, 0.4) is 0 Å². The van der Waals surface area contributed by atoms with Crippen LogP contribution < -0.4 is 0 Å². The van der Waals surface area contributed by atoms with E-state index in [0.29, 0.717) is 5.41 Å². The number of benzene rings is 1. The Bertz CT molecular complexity index is 754. The number of likely N-dealkylation sites (N-methyl/N-ethyl adjacent to an activating group) is 1. The Labute approximate surface area is 144 Å². The molecule has 1 saturated carbocycles. The topological polar surface area (TPSA) is 16.1 Å². The van der Waals surface area contributed by atoms with Crippen LogP contribution in [0.5, 0.6) is 0 Å². The molecule has 2 heterocycles. The van der Waals surface area contributed by atoms with Gasteiger partial charge in [0.2, 0.25) is 0 Å². The van der Waals surface area contributed by atoms with E-state index in [0.717, 1.165) is 12.0 Å². The molecule has 2 aliphatic carbocycles. The van der Waals surface area contributed by atoms with Crippen molar-refractivity contribution >= 4 is 0 Å². The number of piperidine rings is 1. The van der Waals surface area contributed by atoms with Crippen LogP contribution in [0, 0.1) is 5.92 Å². The van der Waals surface area contributed by atoms with Crippen LogP contribution in [-0.4, -0.2) is 29.5 Å². The second-order valence-corrected chi connectivity index (χ2v) is 8.12. The summed E-state index contributed by atoms with van der Waals surface area (Å²) in [5.74, 6) is 0.866. The van der Waals surface area contributed by atoms with Crippen LogP contribution in [0.4, 0.5) is 0 Å². The average Bonchev–Trinajstić information content (AvgIpc) is 2.65. The number of pyridine rings is 1. The van der Waals surface area contributed by atoms with Gasteiger partial charge in [0.05, 0.1) is 0 Å². The first-order valence-corrected chi connectivity index (χ1v) is 9.52. The minimum absolute atomic E-state index is 0.450. The lowest BCUT2D eigenvalue weighted by Crippen LogP contribution is -2.59. The van der Waals surface area contributed by atoms with Crippen molar-refractivity contribution in [1.82, 2.24) is 9.88 Å². The van der Waals surface area contributed by atoms with Gasteiger partial charge in [0.25, 0.3) is 0 Å². The Balaban J connectivity index is 1.66. The predicted molar refractivity (Wildman–Crippen MR) is 98.0 cm³/mol. The monoisotopic (exact) mass is 318 g/mol. The van der Waals surface area contributed by atoms with Crippen molar-refractivity contribution < 1.29 is 0 Å². The average molecular weight is 318 g/mol. The molecule has 0 amide bonds. The molecule has 2 heteroatoms. The fraction of sp³-hybridized carbons (Fsp3) is 0.500. The van der Waals surface area contributed by atoms with Gasteiger partial charge < -0.3 is 4.90 Å². The van der Waals surface area contributed by atoms with E-state index in [1.165, 1.54) is 56.2 Å². The molecule has 1 unspecified atom stereocenters.